The third-order valence-corrected chi connectivity index (χ3v) is 5.76. The van der Waals surface area contributed by atoms with Gasteiger partial charge in [0.2, 0.25) is 6.79 Å². The molecule has 3 heterocycles. The molecule has 3 aliphatic rings. The highest BCUT2D eigenvalue weighted by Gasteiger charge is 2.44. The molecule has 2 aromatic carbocycles. The molecule has 0 saturated heterocycles. The molecule has 0 N–H and O–H groups in total. The number of methoxy groups -OCH3 is 2. The molecule has 28 heavy (non-hydrogen) atoms. The van der Waals surface area contributed by atoms with Gasteiger partial charge >= 0.3 is 5.97 Å². The van der Waals surface area contributed by atoms with Crippen molar-refractivity contribution in [3.8, 4) is 23.0 Å². The van der Waals surface area contributed by atoms with Gasteiger partial charge in [-0.05, 0) is 42.8 Å². The first-order valence-electron chi connectivity index (χ1n) is 9.20. The number of likely N-dealkylation sites (N-methyl/N-ethyl adjacent to an activating group) is 1. The lowest BCUT2D eigenvalue weighted by Gasteiger charge is -2.37. The molecule has 3 aliphatic heterocycles. The molecule has 146 valence electrons. The SMILES string of the molecule is COc1cc(OC)c2c(c1)C(=O)OC2C1c2cc3c(cc2CCN1C)OCO3. The molecule has 7 nitrogen and oxygen atoms in total. The minimum atomic E-state index is -0.479. The van der Waals surface area contributed by atoms with Crippen molar-refractivity contribution in [1.82, 2.24) is 4.90 Å². The maximum Gasteiger partial charge on any atom is 0.339 e. The molecule has 5 rings (SSSR count). The first-order valence-corrected chi connectivity index (χ1v) is 9.20. The summed E-state index contributed by atoms with van der Waals surface area (Å²) >= 11 is 0. The first-order chi connectivity index (χ1) is 13.6. The molecule has 2 aromatic rings. The summed E-state index contributed by atoms with van der Waals surface area (Å²) < 4.78 is 27.9. The molecule has 7 heteroatoms. The van der Waals surface area contributed by atoms with E-state index >= 15 is 0 Å². The summed E-state index contributed by atoms with van der Waals surface area (Å²) in [6.07, 6.45) is 0.416. The van der Waals surface area contributed by atoms with Gasteiger partial charge in [0.15, 0.2) is 17.6 Å². The van der Waals surface area contributed by atoms with Crippen molar-refractivity contribution >= 4 is 5.97 Å². The zero-order valence-electron chi connectivity index (χ0n) is 16.0. The van der Waals surface area contributed by atoms with E-state index < -0.39 is 6.10 Å². The van der Waals surface area contributed by atoms with Crippen LogP contribution in [0.4, 0.5) is 0 Å². The molecule has 0 radical (unpaired) electrons. The standard InChI is InChI=1S/C21H21NO6/c1-22-5-4-11-6-15-16(27-10-26-15)9-13(11)19(22)20-18-14(21(23)28-20)7-12(24-2)8-17(18)25-3/h6-9,19-20H,4-5,10H2,1-3H3. The summed E-state index contributed by atoms with van der Waals surface area (Å²) in [6, 6.07) is 7.41. The van der Waals surface area contributed by atoms with Gasteiger partial charge in [-0.2, -0.15) is 0 Å². The van der Waals surface area contributed by atoms with E-state index in [0.29, 0.717) is 17.1 Å². The molecular formula is C21H21NO6. The highest BCUT2D eigenvalue weighted by Crippen LogP contribution is 2.51. The zero-order valence-corrected chi connectivity index (χ0v) is 16.0. The van der Waals surface area contributed by atoms with E-state index in [1.165, 1.54) is 5.56 Å². The summed E-state index contributed by atoms with van der Waals surface area (Å²) in [5.74, 6) is 2.29. The van der Waals surface area contributed by atoms with Crippen molar-refractivity contribution in [2.24, 2.45) is 0 Å². The maximum atomic E-state index is 12.7. The second kappa shape index (κ2) is 6.31. The number of benzene rings is 2. The third-order valence-electron chi connectivity index (χ3n) is 5.76. The highest BCUT2D eigenvalue weighted by atomic mass is 16.7. The van der Waals surface area contributed by atoms with E-state index in [1.807, 2.05) is 19.2 Å². The quantitative estimate of drug-likeness (QED) is 0.755. The van der Waals surface area contributed by atoms with Crippen LogP contribution < -0.4 is 18.9 Å². The third kappa shape index (κ3) is 2.43. The van der Waals surface area contributed by atoms with Crippen LogP contribution in [0.2, 0.25) is 0 Å². The first kappa shape index (κ1) is 17.2. The Balaban J connectivity index is 1.65. The number of carbonyl (C=O) groups is 1. The molecule has 2 atom stereocenters. The normalized spacial score (nSPS) is 22.5. The summed E-state index contributed by atoms with van der Waals surface area (Å²) in [4.78, 5) is 14.9. The summed E-state index contributed by atoms with van der Waals surface area (Å²) in [5.41, 5.74) is 3.52. The summed E-state index contributed by atoms with van der Waals surface area (Å²) in [6.45, 7) is 1.08. The number of esters is 1. The van der Waals surface area contributed by atoms with Gasteiger partial charge < -0.3 is 23.7 Å². The summed E-state index contributed by atoms with van der Waals surface area (Å²) in [7, 11) is 5.19. The number of fused-ring (bicyclic) bond motifs is 3. The number of hydrogen-bond donors (Lipinski definition) is 0. The molecule has 0 aromatic heterocycles. The van der Waals surface area contributed by atoms with Crippen molar-refractivity contribution in [2.45, 2.75) is 18.6 Å². The Kier molecular flexibility index (Phi) is 3.87. The number of carbonyl (C=O) groups excluding carboxylic acids is 1. The number of hydrogen-bond acceptors (Lipinski definition) is 7. The van der Waals surface area contributed by atoms with Crippen LogP contribution in [0.5, 0.6) is 23.0 Å². The number of cyclic esters (lactones) is 1. The molecule has 0 amide bonds. The Morgan fingerprint density at radius 1 is 1.07 bits per heavy atom. The van der Waals surface area contributed by atoms with Crippen LogP contribution in [0.15, 0.2) is 24.3 Å². The van der Waals surface area contributed by atoms with Gasteiger partial charge in [0, 0.05) is 12.6 Å². The van der Waals surface area contributed by atoms with E-state index in [4.69, 9.17) is 23.7 Å². The fourth-order valence-electron chi connectivity index (χ4n) is 4.37. The van der Waals surface area contributed by atoms with E-state index in [2.05, 4.69) is 4.90 Å². The number of nitrogens with zero attached hydrogens (tertiary/aromatic N) is 1. The lowest BCUT2D eigenvalue weighted by Crippen LogP contribution is -2.36. The van der Waals surface area contributed by atoms with Gasteiger partial charge in [0.1, 0.15) is 11.5 Å². The number of ether oxygens (including phenoxy) is 5. The van der Waals surface area contributed by atoms with Crippen LogP contribution in [-0.2, 0) is 11.2 Å². The largest absolute Gasteiger partial charge is 0.497 e. The van der Waals surface area contributed by atoms with E-state index in [0.717, 1.165) is 35.6 Å². The molecular weight excluding hydrogens is 362 g/mol. The van der Waals surface area contributed by atoms with Crippen molar-refractivity contribution in [3.63, 3.8) is 0 Å². The predicted octanol–water partition coefficient (Wildman–Crippen LogP) is 2.87. The topological polar surface area (TPSA) is 66.5 Å². The average molecular weight is 383 g/mol. The predicted molar refractivity (Wildman–Crippen MR) is 99.3 cm³/mol. The van der Waals surface area contributed by atoms with Crippen molar-refractivity contribution in [3.05, 3.63) is 46.5 Å². The van der Waals surface area contributed by atoms with Gasteiger partial charge in [-0.1, -0.05) is 0 Å². The van der Waals surface area contributed by atoms with Crippen molar-refractivity contribution < 1.29 is 28.5 Å². The van der Waals surface area contributed by atoms with Gasteiger partial charge in [-0.15, -0.1) is 0 Å². The van der Waals surface area contributed by atoms with Crippen molar-refractivity contribution in [2.75, 3.05) is 34.6 Å². The van der Waals surface area contributed by atoms with Crippen LogP contribution in [0.1, 0.15) is 39.2 Å². The maximum absolute atomic E-state index is 12.7. The average Bonchev–Trinajstić information content (AvgIpc) is 3.29. The lowest BCUT2D eigenvalue weighted by molar-refractivity contribution is 0.00893. The van der Waals surface area contributed by atoms with Gasteiger partial charge in [0.05, 0.1) is 31.4 Å². The molecule has 2 unspecified atom stereocenters. The van der Waals surface area contributed by atoms with E-state index in [9.17, 15) is 4.79 Å². The smallest absolute Gasteiger partial charge is 0.339 e. The van der Waals surface area contributed by atoms with E-state index in [-0.39, 0.29) is 18.8 Å². The molecule has 0 bridgehead atoms. The van der Waals surface area contributed by atoms with Gasteiger partial charge in [-0.3, -0.25) is 4.90 Å². The van der Waals surface area contributed by atoms with Gasteiger partial charge in [-0.25, -0.2) is 4.79 Å². The van der Waals surface area contributed by atoms with Crippen LogP contribution >= 0.6 is 0 Å². The second-order valence-electron chi connectivity index (χ2n) is 7.20. The minimum absolute atomic E-state index is 0.147. The Morgan fingerprint density at radius 2 is 1.86 bits per heavy atom. The van der Waals surface area contributed by atoms with Crippen LogP contribution in [0.25, 0.3) is 0 Å². The van der Waals surface area contributed by atoms with Crippen molar-refractivity contribution in [1.29, 1.82) is 0 Å². The van der Waals surface area contributed by atoms with E-state index in [1.54, 1.807) is 26.4 Å². The Labute approximate surface area is 162 Å². The Morgan fingerprint density at radius 3 is 2.61 bits per heavy atom. The fraction of sp³-hybridized carbons (Fsp3) is 0.381. The zero-order chi connectivity index (χ0) is 19.4. The molecule has 0 saturated carbocycles. The molecule has 0 spiro atoms. The fourth-order valence-corrected chi connectivity index (χ4v) is 4.37. The Bertz CT molecular complexity index is 972. The monoisotopic (exact) mass is 383 g/mol. The highest BCUT2D eigenvalue weighted by molar-refractivity contribution is 5.95. The second-order valence-corrected chi connectivity index (χ2v) is 7.20. The summed E-state index contributed by atoms with van der Waals surface area (Å²) in [5, 5.41) is 0. The molecule has 0 fully saturated rings. The van der Waals surface area contributed by atoms with Gasteiger partial charge in [0.25, 0.3) is 0 Å². The van der Waals surface area contributed by atoms with Crippen LogP contribution in [0.3, 0.4) is 0 Å². The lowest BCUT2D eigenvalue weighted by atomic mass is 9.86. The van der Waals surface area contributed by atoms with Crippen LogP contribution in [-0.4, -0.2) is 45.5 Å². The minimum Gasteiger partial charge on any atom is -0.497 e. The van der Waals surface area contributed by atoms with Crippen LogP contribution in [0, 0.1) is 0 Å². The number of rotatable bonds is 3. The Hall–Kier alpha value is -2.93. The molecule has 0 aliphatic carbocycles.